The Bertz CT molecular complexity index is 1690. The second-order valence-electron chi connectivity index (χ2n) is 9.86. The summed E-state index contributed by atoms with van der Waals surface area (Å²) in [7, 11) is 1.52. The van der Waals surface area contributed by atoms with Crippen molar-refractivity contribution in [3.63, 3.8) is 0 Å². The second kappa shape index (κ2) is 12.0. The minimum atomic E-state index is -0.961. The molecule has 1 aliphatic rings. The van der Waals surface area contributed by atoms with Crippen molar-refractivity contribution in [3.05, 3.63) is 70.7 Å². The number of amides is 2. The molecule has 0 bridgehead atoms. The molecule has 6 rings (SSSR count). The summed E-state index contributed by atoms with van der Waals surface area (Å²) in [6.45, 7) is 2.83. The Morgan fingerprint density at radius 2 is 2.10 bits per heavy atom. The summed E-state index contributed by atoms with van der Waals surface area (Å²) in [6, 6.07) is 13.6. The zero-order chi connectivity index (χ0) is 29.1. The predicted octanol–water partition coefficient (Wildman–Crippen LogP) is 2.86. The minimum Gasteiger partial charge on any atom is -0.494 e. The number of anilines is 1. The smallest absolute Gasteiger partial charge is 0.249 e. The van der Waals surface area contributed by atoms with E-state index in [0.717, 1.165) is 23.3 Å². The Balaban J connectivity index is 1.43. The van der Waals surface area contributed by atoms with Crippen LogP contribution < -0.4 is 15.0 Å². The molecule has 0 saturated carbocycles. The fraction of sp³-hybridized carbons (Fsp3) is 0.321. The van der Waals surface area contributed by atoms with E-state index >= 15 is 0 Å². The fourth-order valence-corrected chi connectivity index (χ4v) is 6.10. The maximum atomic E-state index is 14.3. The van der Waals surface area contributed by atoms with Gasteiger partial charge < -0.3 is 14.8 Å². The van der Waals surface area contributed by atoms with Gasteiger partial charge in [-0.1, -0.05) is 17.3 Å². The molecule has 1 N–H and O–H groups in total. The van der Waals surface area contributed by atoms with Crippen molar-refractivity contribution in [2.24, 2.45) is 0 Å². The number of rotatable bonds is 10. The predicted molar refractivity (Wildman–Crippen MR) is 155 cm³/mol. The number of nitrogens with zero attached hydrogens (tertiary/aromatic N) is 8. The molecule has 2 atom stereocenters. The number of carbonyl (C=O) groups is 2. The van der Waals surface area contributed by atoms with E-state index in [1.807, 2.05) is 42.6 Å². The number of carbonyl (C=O) groups excluding carboxylic acids is 2. The number of benzene rings is 2. The topological polar surface area (TPSA) is 142 Å². The van der Waals surface area contributed by atoms with Crippen LogP contribution in [0.15, 0.2) is 60.2 Å². The van der Waals surface area contributed by atoms with E-state index in [0.29, 0.717) is 41.3 Å². The van der Waals surface area contributed by atoms with Gasteiger partial charge in [-0.05, 0) is 71.5 Å². The number of aryl methyl sites for hydroxylation is 1. The molecular weight excluding hydrogens is 558 g/mol. The van der Waals surface area contributed by atoms with Crippen LogP contribution >= 0.6 is 11.3 Å². The summed E-state index contributed by atoms with van der Waals surface area (Å²) >= 11 is 1.42. The third-order valence-corrected chi connectivity index (χ3v) is 8.27. The minimum absolute atomic E-state index is 0.0552. The third-order valence-electron chi connectivity index (χ3n) is 7.20. The molecule has 3 aromatic heterocycles. The Labute approximate surface area is 245 Å². The zero-order valence-corrected chi connectivity index (χ0v) is 23.9. The first-order chi connectivity index (χ1) is 20.5. The van der Waals surface area contributed by atoms with Crippen molar-refractivity contribution in [3.8, 4) is 11.4 Å². The number of tetrazole rings is 1. The molecule has 13 nitrogen and oxygen atoms in total. The molecule has 42 heavy (non-hydrogen) atoms. The summed E-state index contributed by atoms with van der Waals surface area (Å²) in [5.74, 6) is -0.241. The van der Waals surface area contributed by atoms with E-state index in [1.165, 1.54) is 34.4 Å². The second-order valence-corrected chi connectivity index (χ2v) is 10.8. The maximum Gasteiger partial charge on any atom is 0.249 e. The van der Waals surface area contributed by atoms with Crippen molar-refractivity contribution < 1.29 is 19.1 Å². The molecule has 2 aromatic carbocycles. The number of hydrogen-bond donors (Lipinski definition) is 1. The van der Waals surface area contributed by atoms with E-state index in [2.05, 4.69) is 31.2 Å². The molecule has 1 saturated heterocycles. The molecule has 1 aliphatic heterocycles. The molecule has 0 aliphatic carbocycles. The van der Waals surface area contributed by atoms with Crippen LogP contribution in [0.5, 0.6) is 5.75 Å². The summed E-state index contributed by atoms with van der Waals surface area (Å²) < 4.78 is 14.4. The van der Waals surface area contributed by atoms with E-state index in [9.17, 15) is 9.59 Å². The Morgan fingerprint density at radius 1 is 1.21 bits per heavy atom. The number of para-hydroxylation sites is 1. The van der Waals surface area contributed by atoms with Crippen LogP contribution in [0, 0.1) is 6.92 Å². The number of aromatic nitrogens is 7. The van der Waals surface area contributed by atoms with E-state index < -0.39 is 6.04 Å². The summed E-state index contributed by atoms with van der Waals surface area (Å²) in [4.78, 5) is 30.6. The average Bonchev–Trinajstić information content (AvgIpc) is 3.83. The SMILES string of the molecule is COc1cc(N(C(=O)Cn2nnc3ccccc32)[C@H](C(=O)NC[C@@H]2CCCO2)c2sccc2C)ccc1-n1cnnn1. The van der Waals surface area contributed by atoms with Crippen LogP contribution in [-0.4, -0.2) is 73.4 Å². The van der Waals surface area contributed by atoms with Crippen molar-refractivity contribution in [2.75, 3.05) is 25.2 Å². The fourth-order valence-electron chi connectivity index (χ4n) is 5.09. The van der Waals surface area contributed by atoms with Gasteiger partial charge in [0, 0.05) is 29.8 Å². The molecule has 4 heterocycles. The number of thiophene rings is 1. The first kappa shape index (κ1) is 27.5. The lowest BCUT2D eigenvalue weighted by molar-refractivity contribution is -0.127. The van der Waals surface area contributed by atoms with Crippen LogP contribution in [-0.2, 0) is 20.9 Å². The van der Waals surface area contributed by atoms with Crippen molar-refractivity contribution in [1.82, 2.24) is 40.5 Å². The summed E-state index contributed by atoms with van der Waals surface area (Å²) in [6.07, 6.45) is 3.23. The van der Waals surface area contributed by atoms with E-state index in [1.54, 1.807) is 22.9 Å². The van der Waals surface area contributed by atoms with Crippen molar-refractivity contribution >= 4 is 39.9 Å². The summed E-state index contributed by atoms with van der Waals surface area (Å²) in [5, 5.41) is 24.8. The zero-order valence-electron chi connectivity index (χ0n) is 23.1. The Hall–Kier alpha value is -4.69. The van der Waals surface area contributed by atoms with E-state index in [-0.39, 0.29) is 24.5 Å². The standard InChI is InChI=1S/C28H29N9O4S/c1-18-11-13-42-27(18)26(28(39)29-15-20-6-5-12-41-20)37(25(38)16-35-22-8-4-3-7-21(22)31-33-35)19-9-10-23(24(14-19)40-2)36-17-30-32-34-36/h3-4,7-11,13-14,17,20,26H,5-6,12,15-16H2,1-2H3,(H,29,39)/t20-,26-/m0/s1. The third kappa shape index (κ3) is 5.45. The first-order valence-electron chi connectivity index (χ1n) is 13.5. The molecule has 216 valence electrons. The lowest BCUT2D eigenvalue weighted by atomic mass is 10.1. The van der Waals surface area contributed by atoms with Gasteiger partial charge >= 0.3 is 0 Å². The highest BCUT2D eigenvalue weighted by molar-refractivity contribution is 7.10. The lowest BCUT2D eigenvalue weighted by Crippen LogP contribution is -2.46. The molecule has 2 amide bonds. The molecule has 14 heteroatoms. The van der Waals surface area contributed by atoms with Crippen LogP contribution in [0.3, 0.4) is 0 Å². The highest BCUT2D eigenvalue weighted by Gasteiger charge is 2.36. The van der Waals surface area contributed by atoms with Gasteiger partial charge in [-0.2, -0.15) is 4.68 Å². The Morgan fingerprint density at radius 3 is 2.83 bits per heavy atom. The van der Waals surface area contributed by atoms with Gasteiger partial charge in [0.15, 0.2) is 6.04 Å². The van der Waals surface area contributed by atoms with Gasteiger partial charge in [0.2, 0.25) is 11.8 Å². The molecule has 0 radical (unpaired) electrons. The van der Waals surface area contributed by atoms with Crippen LogP contribution in [0.4, 0.5) is 5.69 Å². The Kier molecular flexibility index (Phi) is 7.88. The normalized spacial score (nSPS) is 15.5. The number of hydrogen-bond acceptors (Lipinski definition) is 10. The summed E-state index contributed by atoms with van der Waals surface area (Å²) in [5.41, 5.74) is 3.32. The van der Waals surface area contributed by atoms with Gasteiger partial charge in [0.1, 0.15) is 29.8 Å². The maximum absolute atomic E-state index is 14.3. The molecule has 5 aromatic rings. The molecule has 0 spiro atoms. The van der Waals surface area contributed by atoms with Gasteiger partial charge in [0.05, 0.1) is 18.7 Å². The molecule has 0 unspecified atom stereocenters. The van der Waals surface area contributed by atoms with E-state index in [4.69, 9.17) is 9.47 Å². The number of nitrogens with one attached hydrogen (secondary N) is 1. The average molecular weight is 588 g/mol. The number of fused-ring (bicyclic) bond motifs is 1. The largest absolute Gasteiger partial charge is 0.494 e. The number of ether oxygens (including phenoxy) is 2. The van der Waals surface area contributed by atoms with Crippen molar-refractivity contribution in [2.45, 2.75) is 38.5 Å². The lowest BCUT2D eigenvalue weighted by Gasteiger charge is -2.32. The molecule has 1 fully saturated rings. The van der Waals surface area contributed by atoms with Gasteiger partial charge in [-0.25, -0.2) is 4.68 Å². The quantitative estimate of drug-likeness (QED) is 0.261. The highest BCUT2D eigenvalue weighted by Crippen LogP contribution is 2.36. The highest BCUT2D eigenvalue weighted by atomic mass is 32.1. The number of methoxy groups -OCH3 is 1. The van der Waals surface area contributed by atoms with Gasteiger partial charge in [0.25, 0.3) is 0 Å². The first-order valence-corrected chi connectivity index (χ1v) is 14.4. The van der Waals surface area contributed by atoms with Crippen LogP contribution in [0.1, 0.15) is 29.3 Å². The molecular formula is C28H29N9O4S. The van der Waals surface area contributed by atoms with Gasteiger partial charge in [-0.3, -0.25) is 14.5 Å². The van der Waals surface area contributed by atoms with Gasteiger partial charge in [-0.15, -0.1) is 21.5 Å². The van der Waals surface area contributed by atoms with Crippen LogP contribution in [0.25, 0.3) is 16.7 Å². The monoisotopic (exact) mass is 587 g/mol. The van der Waals surface area contributed by atoms with Crippen molar-refractivity contribution in [1.29, 1.82) is 0 Å². The van der Waals surface area contributed by atoms with Crippen LogP contribution in [0.2, 0.25) is 0 Å².